The van der Waals surface area contributed by atoms with Gasteiger partial charge in [0, 0.05) is 23.2 Å². The molecule has 2 N–H and O–H groups in total. The van der Waals surface area contributed by atoms with E-state index in [0.717, 1.165) is 16.5 Å². The molecule has 0 saturated carbocycles. The summed E-state index contributed by atoms with van der Waals surface area (Å²) in [6.45, 7) is 7.98. The number of aryl methyl sites for hydroxylation is 1. The summed E-state index contributed by atoms with van der Waals surface area (Å²) in [5.41, 5.74) is 1.09. The van der Waals surface area contributed by atoms with Crippen LogP contribution in [0.2, 0.25) is 5.02 Å². The van der Waals surface area contributed by atoms with Crippen molar-refractivity contribution < 1.29 is 19.4 Å². The van der Waals surface area contributed by atoms with E-state index in [9.17, 15) is 10.0 Å². The summed E-state index contributed by atoms with van der Waals surface area (Å²) in [6.07, 6.45) is 0. The van der Waals surface area contributed by atoms with E-state index in [1.165, 1.54) is 0 Å². The Morgan fingerprint density at radius 2 is 1.65 bits per heavy atom. The van der Waals surface area contributed by atoms with Crippen molar-refractivity contribution in [2.75, 3.05) is 0 Å². The standard InChI is InChI=1S/C15H20B2ClNO4/c1-14(2)15(3,4)23-17(22-14)13-8-10-11(16(20)21)6-9(18)7-12(10)19(13)5/h6-8,20-21H,1-5H3. The van der Waals surface area contributed by atoms with E-state index in [2.05, 4.69) is 0 Å². The minimum Gasteiger partial charge on any atom is -0.423 e. The molecule has 0 atom stereocenters. The number of aromatic nitrogens is 1. The molecule has 8 heteroatoms. The average molecular weight is 335 g/mol. The number of hydrogen-bond acceptors (Lipinski definition) is 4. The number of benzene rings is 1. The summed E-state index contributed by atoms with van der Waals surface area (Å²) in [4.78, 5) is 0. The molecule has 0 radical (unpaired) electrons. The van der Waals surface area contributed by atoms with Gasteiger partial charge in [0.1, 0.15) is 0 Å². The molecular weight excluding hydrogens is 315 g/mol. The van der Waals surface area contributed by atoms with Crippen molar-refractivity contribution in [1.29, 1.82) is 0 Å². The molecule has 1 saturated heterocycles. The van der Waals surface area contributed by atoms with Gasteiger partial charge < -0.3 is 23.9 Å². The van der Waals surface area contributed by atoms with E-state index in [0.29, 0.717) is 10.5 Å². The number of nitrogens with zero attached hydrogens (tertiary/aromatic N) is 1. The first-order valence-electron chi connectivity index (χ1n) is 7.54. The first kappa shape index (κ1) is 16.9. The summed E-state index contributed by atoms with van der Waals surface area (Å²) < 4.78 is 14.1. The molecule has 3 rings (SSSR count). The molecule has 1 aliphatic rings. The van der Waals surface area contributed by atoms with Gasteiger partial charge in [-0.05, 0) is 56.7 Å². The number of fused-ring (bicyclic) bond motifs is 1. The molecule has 1 aromatic carbocycles. The molecule has 0 spiro atoms. The molecule has 1 aliphatic heterocycles. The molecule has 2 aromatic rings. The van der Waals surface area contributed by atoms with Crippen molar-refractivity contribution >= 4 is 47.8 Å². The van der Waals surface area contributed by atoms with Crippen molar-refractivity contribution in [3.05, 3.63) is 23.2 Å². The Kier molecular flexibility index (Phi) is 3.86. The van der Waals surface area contributed by atoms with E-state index in [1.54, 1.807) is 12.1 Å². The molecule has 122 valence electrons. The van der Waals surface area contributed by atoms with Gasteiger partial charge in [0.2, 0.25) is 0 Å². The zero-order valence-electron chi connectivity index (χ0n) is 13.9. The largest absolute Gasteiger partial charge is 0.512 e. The zero-order valence-corrected chi connectivity index (χ0v) is 14.7. The van der Waals surface area contributed by atoms with Gasteiger partial charge in [-0.1, -0.05) is 11.6 Å². The first-order valence-corrected chi connectivity index (χ1v) is 7.92. The third-order valence-corrected chi connectivity index (χ3v) is 5.19. The summed E-state index contributed by atoms with van der Waals surface area (Å²) in [5.74, 6) is 0. The van der Waals surface area contributed by atoms with E-state index in [1.807, 2.05) is 45.4 Å². The maximum atomic E-state index is 9.60. The van der Waals surface area contributed by atoms with Crippen LogP contribution in [0.5, 0.6) is 0 Å². The van der Waals surface area contributed by atoms with E-state index in [4.69, 9.17) is 20.9 Å². The Morgan fingerprint density at radius 3 is 2.17 bits per heavy atom. The highest BCUT2D eigenvalue weighted by molar-refractivity contribution is 6.64. The fourth-order valence-electron chi connectivity index (χ4n) is 2.85. The van der Waals surface area contributed by atoms with Gasteiger partial charge in [0.05, 0.1) is 11.2 Å². The lowest BCUT2D eigenvalue weighted by Gasteiger charge is -2.32. The Labute approximate surface area is 141 Å². The molecule has 0 aliphatic carbocycles. The molecule has 0 amide bonds. The highest BCUT2D eigenvalue weighted by atomic mass is 35.5. The third-order valence-electron chi connectivity index (χ3n) is 4.97. The Balaban J connectivity index is 2.14. The van der Waals surface area contributed by atoms with Crippen molar-refractivity contribution in [3.8, 4) is 0 Å². The van der Waals surface area contributed by atoms with Crippen LogP contribution in [0.25, 0.3) is 10.9 Å². The van der Waals surface area contributed by atoms with Crippen LogP contribution in [0.15, 0.2) is 18.2 Å². The van der Waals surface area contributed by atoms with E-state index < -0.39 is 25.4 Å². The van der Waals surface area contributed by atoms with Gasteiger partial charge in [0.25, 0.3) is 0 Å². The number of halogens is 1. The fourth-order valence-corrected chi connectivity index (χ4v) is 3.07. The molecule has 23 heavy (non-hydrogen) atoms. The molecule has 0 bridgehead atoms. The van der Waals surface area contributed by atoms with Crippen LogP contribution in [0.4, 0.5) is 0 Å². The van der Waals surface area contributed by atoms with Crippen molar-refractivity contribution in [2.24, 2.45) is 7.05 Å². The Bertz CT molecular complexity index is 756. The van der Waals surface area contributed by atoms with Gasteiger partial charge in [-0.2, -0.15) is 0 Å². The maximum Gasteiger partial charge on any atom is 0.512 e. The van der Waals surface area contributed by atoms with Crippen LogP contribution in [-0.4, -0.2) is 40.1 Å². The van der Waals surface area contributed by atoms with Crippen LogP contribution in [0.1, 0.15) is 27.7 Å². The minimum absolute atomic E-state index is 0.367. The van der Waals surface area contributed by atoms with Crippen molar-refractivity contribution in [2.45, 2.75) is 38.9 Å². The highest BCUT2D eigenvalue weighted by Crippen LogP contribution is 2.36. The van der Waals surface area contributed by atoms with Crippen LogP contribution < -0.4 is 11.1 Å². The second kappa shape index (κ2) is 5.26. The predicted octanol–water partition coefficient (Wildman–Crippen LogP) is 0.811. The highest BCUT2D eigenvalue weighted by Gasteiger charge is 2.52. The molecule has 2 heterocycles. The maximum absolute atomic E-state index is 9.60. The summed E-state index contributed by atoms with van der Waals surface area (Å²) >= 11 is 6.10. The molecule has 5 nitrogen and oxygen atoms in total. The van der Waals surface area contributed by atoms with Crippen LogP contribution >= 0.6 is 11.6 Å². The lowest BCUT2D eigenvalue weighted by molar-refractivity contribution is 0.00578. The molecule has 0 unspecified atom stereocenters. The van der Waals surface area contributed by atoms with E-state index in [-0.39, 0.29) is 0 Å². The average Bonchev–Trinajstić information content (AvgIpc) is 2.84. The zero-order chi connectivity index (χ0) is 17.2. The Morgan fingerprint density at radius 1 is 1.09 bits per heavy atom. The summed E-state index contributed by atoms with van der Waals surface area (Å²) in [6, 6.07) is 5.21. The van der Waals surface area contributed by atoms with Crippen LogP contribution in [-0.2, 0) is 16.4 Å². The summed E-state index contributed by atoms with van der Waals surface area (Å²) in [5, 5.41) is 20.4. The topological polar surface area (TPSA) is 63.9 Å². The second-order valence-electron chi connectivity index (χ2n) is 7.02. The SMILES string of the molecule is Cn1c(B2OC(C)(C)C(C)(C)O2)cc2c(B(O)O)cc(Cl)cc21. The Hall–Kier alpha value is -0.980. The van der Waals surface area contributed by atoms with Gasteiger partial charge in [-0.15, -0.1) is 0 Å². The molecule has 1 fully saturated rings. The van der Waals surface area contributed by atoms with Crippen molar-refractivity contribution in [3.63, 3.8) is 0 Å². The monoisotopic (exact) mass is 335 g/mol. The van der Waals surface area contributed by atoms with Gasteiger partial charge in [-0.25, -0.2) is 0 Å². The normalized spacial score (nSPS) is 19.6. The van der Waals surface area contributed by atoms with Gasteiger partial charge >= 0.3 is 14.2 Å². The number of hydrogen-bond donors (Lipinski definition) is 2. The van der Waals surface area contributed by atoms with Crippen LogP contribution in [0.3, 0.4) is 0 Å². The lowest BCUT2D eigenvalue weighted by Crippen LogP contribution is -2.41. The lowest BCUT2D eigenvalue weighted by atomic mass is 9.77. The molecule has 1 aromatic heterocycles. The first-order chi connectivity index (χ1) is 10.5. The molecular formula is C15H20B2ClNO4. The number of rotatable bonds is 2. The predicted molar refractivity (Wildman–Crippen MR) is 93.5 cm³/mol. The fraction of sp³-hybridized carbons (Fsp3) is 0.467. The third kappa shape index (κ3) is 2.61. The van der Waals surface area contributed by atoms with E-state index >= 15 is 0 Å². The van der Waals surface area contributed by atoms with Gasteiger partial charge in [-0.3, -0.25) is 0 Å². The van der Waals surface area contributed by atoms with Crippen molar-refractivity contribution in [1.82, 2.24) is 4.57 Å². The second-order valence-corrected chi connectivity index (χ2v) is 7.45. The minimum atomic E-state index is -1.59. The summed E-state index contributed by atoms with van der Waals surface area (Å²) in [7, 11) is -0.239. The van der Waals surface area contributed by atoms with Crippen LogP contribution in [0, 0.1) is 0 Å². The smallest absolute Gasteiger partial charge is 0.423 e. The van der Waals surface area contributed by atoms with Gasteiger partial charge in [0.15, 0.2) is 0 Å². The quantitative estimate of drug-likeness (QED) is 0.798.